The van der Waals surface area contributed by atoms with E-state index < -0.39 is 5.60 Å². The second-order valence-electron chi connectivity index (χ2n) is 7.06. The Morgan fingerprint density at radius 2 is 2.00 bits per heavy atom. The van der Waals surface area contributed by atoms with Crippen molar-refractivity contribution in [2.45, 2.75) is 52.1 Å². The first-order valence-electron chi connectivity index (χ1n) is 7.92. The summed E-state index contributed by atoms with van der Waals surface area (Å²) in [5.74, 6) is 0.485. The number of nitrogens with zero attached hydrogens (tertiary/aromatic N) is 2. The molecule has 0 aromatic rings. The van der Waals surface area contributed by atoms with Crippen molar-refractivity contribution in [3.8, 4) is 0 Å². The van der Waals surface area contributed by atoms with E-state index in [4.69, 9.17) is 4.74 Å². The fraction of sp³-hybridized carbons (Fsp3) is 0.812. The first-order valence-corrected chi connectivity index (χ1v) is 7.92. The first-order chi connectivity index (χ1) is 9.85. The Bertz CT molecular complexity index is 383. The van der Waals surface area contributed by atoms with Gasteiger partial charge in [-0.15, -0.1) is 0 Å². The van der Waals surface area contributed by atoms with E-state index >= 15 is 0 Å². The molecule has 0 aromatic carbocycles. The van der Waals surface area contributed by atoms with E-state index in [9.17, 15) is 9.59 Å². The van der Waals surface area contributed by atoms with E-state index in [2.05, 4.69) is 6.42 Å². The molecule has 1 atom stereocenters. The summed E-state index contributed by atoms with van der Waals surface area (Å²) < 4.78 is 5.42. The zero-order chi connectivity index (χ0) is 15.5. The average molecular weight is 295 g/mol. The molecule has 21 heavy (non-hydrogen) atoms. The van der Waals surface area contributed by atoms with E-state index in [1.54, 1.807) is 4.90 Å². The Labute approximate surface area is 127 Å². The molecule has 1 radical (unpaired) electrons. The summed E-state index contributed by atoms with van der Waals surface area (Å²) in [6.07, 6.45) is 5.40. The Balaban J connectivity index is 1.82. The van der Waals surface area contributed by atoms with Crippen LogP contribution < -0.4 is 0 Å². The third kappa shape index (κ3) is 4.90. The summed E-state index contributed by atoms with van der Waals surface area (Å²) in [4.78, 5) is 28.0. The lowest BCUT2D eigenvalue weighted by atomic mass is 9.94. The van der Waals surface area contributed by atoms with Gasteiger partial charge in [-0.2, -0.15) is 0 Å². The van der Waals surface area contributed by atoms with Gasteiger partial charge in [0.25, 0.3) is 0 Å². The van der Waals surface area contributed by atoms with Crippen LogP contribution in [0, 0.1) is 12.3 Å². The molecule has 119 valence electrons. The number of amides is 2. The van der Waals surface area contributed by atoms with Crippen molar-refractivity contribution >= 4 is 12.0 Å². The highest BCUT2D eigenvalue weighted by molar-refractivity contribution is 5.77. The number of rotatable bonds is 2. The summed E-state index contributed by atoms with van der Waals surface area (Å²) in [6.45, 7) is 8.62. The maximum Gasteiger partial charge on any atom is 0.410 e. The molecule has 0 unspecified atom stereocenters. The molecule has 2 heterocycles. The fourth-order valence-corrected chi connectivity index (χ4v) is 2.91. The second kappa shape index (κ2) is 6.67. The summed E-state index contributed by atoms with van der Waals surface area (Å²) in [7, 11) is 0. The van der Waals surface area contributed by atoms with Crippen LogP contribution in [0.4, 0.5) is 4.79 Å². The van der Waals surface area contributed by atoms with Crippen LogP contribution in [0.1, 0.15) is 46.5 Å². The highest BCUT2D eigenvalue weighted by atomic mass is 16.6. The first kappa shape index (κ1) is 16.1. The van der Waals surface area contributed by atoms with Crippen molar-refractivity contribution < 1.29 is 14.3 Å². The molecule has 2 aliphatic heterocycles. The van der Waals surface area contributed by atoms with E-state index in [-0.39, 0.29) is 17.9 Å². The maximum atomic E-state index is 12.2. The molecule has 0 N–H and O–H groups in total. The number of carbonyl (C=O) groups excluding carboxylic acids is 2. The van der Waals surface area contributed by atoms with Crippen LogP contribution in [0.15, 0.2) is 0 Å². The Morgan fingerprint density at radius 3 is 2.62 bits per heavy atom. The van der Waals surface area contributed by atoms with E-state index in [0.29, 0.717) is 13.0 Å². The number of hydrogen-bond donors (Lipinski definition) is 0. The molecule has 0 aliphatic carbocycles. The second-order valence-corrected chi connectivity index (χ2v) is 7.06. The smallest absolute Gasteiger partial charge is 0.410 e. The zero-order valence-electron chi connectivity index (χ0n) is 13.4. The monoisotopic (exact) mass is 295 g/mol. The minimum atomic E-state index is -0.467. The Hall–Kier alpha value is -1.26. The summed E-state index contributed by atoms with van der Waals surface area (Å²) in [5.41, 5.74) is -0.467. The normalized spacial score (nSPS) is 23.3. The minimum absolute atomic E-state index is 0.222. The van der Waals surface area contributed by atoms with Gasteiger partial charge in [-0.1, -0.05) is 0 Å². The van der Waals surface area contributed by atoms with Gasteiger partial charge >= 0.3 is 6.09 Å². The van der Waals surface area contributed by atoms with E-state index in [1.807, 2.05) is 25.7 Å². The molecule has 2 rings (SSSR count). The molecule has 2 aliphatic rings. The molecule has 0 bridgehead atoms. The molecule has 2 amide bonds. The zero-order valence-corrected chi connectivity index (χ0v) is 13.4. The number of piperidine rings is 1. The van der Waals surface area contributed by atoms with Gasteiger partial charge in [0.2, 0.25) is 5.91 Å². The Kier molecular flexibility index (Phi) is 5.12. The quantitative estimate of drug-likeness (QED) is 0.786. The largest absolute Gasteiger partial charge is 0.444 e. The van der Waals surface area contributed by atoms with Crippen molar-refractivity contribution in [2.75, 3.05) is 26.2 Å². The van der Waals surface area contributed by atoms with Crippen molar-refractivity contribution in [1.82, 2.24) is 9.80 Å². The maximum absolute atomic E-state index is 12.2. The van der Waals surface area contributed by atoms with Gasteiger partial charge < -0.3 is 14.5 Å². The number of hydrogen-bond acceptors (Lipinski definition) is 3. The molecule has 2 saturated heterocycles. The van der Waals surface area contributed by atoms with Gasteiger partial charge in [0, 0.05) is 32.6 Å². The van der Waals surface area contributed by atoms with Crippen LogP contribution in [0.5, 0.6) is 0 Å². The molecule has 2 fully saturated rings. The third-order valence-corrected chi connectivity index (χ3v) is 3.94. The van der Waals surface area contributed by atoms with Crippen molar-refractivity contribution in [2.24, 2.45) is 5.92 Å². The lowest BCUT2D eigenvalue weighted by molar-refractivity contribution is -0.131. The summed E-state index contributed by atoms with van der Waals surface area (Å²) in [5, 5.41) is 0. The predicted molar refractivity (Wildman–Crippen MR) is 80.6 cm³/mol. The van der Waals surface area contributed by atoms with Crippen molar-refractivity contribution in [3.05, 3.63) is 6.42 Å². The minimum Gasteiger partial charge on any atom is -0.444 e. The van der Waals surface area contributed by atoms with Crippen molar-refractivity contribution in [3.63, 3.8) is 0 Å². The summed E-state index contributed by atoms with van der Waals surface area (Å²) in [6, 6.07) is 0. The lowest BCUT2D eigenvalue weighted by Crippen LogP contribution is -2.44. The molecule has 0 saturated carbocycles. The van der Waals surface area contributed by atoms with Gasteiger partial charge in [0.05, 0.1) is 0 Å². The van der Waals surface area contributed by atoms with Crippen LogP contribution in [0.3, 0.4) is 0 Å². The van der Waals surface area contributed by atoms with Crippen LogP contribution in [0.2, 0.25) is 0 Å². The lowest BCUT2D eigenvalue weighted by Gasteiger charge is -2.34. The van der Waals surface area contributed by atoms with Crippen LogP contribution >= 0.6 is 0 Å². The molecule has 0 aromatic heterocycles. The number of ether oxygens (including phenoxy) is 1. The number of carbonyl (C=O) groups is 2. The van der Waals surface area contributed by atoms with Crippen molar-refractivity contribution in [1.29, 1.82) is 0 Å². The molecule has 5 nitrogen and oxygen atoms in total. The van der Waals surface area contributed by atoms with Gasteiger partial charge in [-0.25, -0.2) is 4.79 Å². The molecular weight excluding hydrogens is 268 g/mol. The molecule has 0 spiro atoms. The van der Waals surface area contributed by atoms with Gasteiger partial charge in [0.15, 0.2) is 0 Å². The van der Waals surface area contributed by atoms with Gasteiger partial charge in [0.1, 0.15) is 5.60 Å². The van der Waals surface area contributed by atoms with Crippen LogP contribution in [-0.2, 0) is 9.53 Å². The highest BCUT2D eigenvalue weighted by Crippen LogP contribution is 2.23. The molecule has 5 heteroatoms. The third-order valence-electron chi connectivity index (χ3n) is 3.94. The topological polar surface area (TPSA) is 49.9 Å². The predicted octanol–water partition coefficient (Wildman–Crippen LogP) is 2.46. The van der Waals surface area contributed by atoms with E-state index in [0.717, 1.165) is 38.9 Å². The average Bonchev–Trinajstić information content (AvgIpc) is 2.91. The highest BCUT2D eigenvalue weighted by Gasteiger charge is 2.30. The fourth-order valence-electron chi connectivity index (χ4n) is 2.91. The number of likely N-dealkylation sites (tertiary alicyclic amines) is 2. The molecular formula is C16H27N2O3. The van der Waals surface area contributed by atoms with E-state index in [1.165, 1.54) is 0 Å². The Morgan fingerprint density at radius 1 is 1.24 bits per heavy atom. The standard InChI is InChI=1S/C16H27N2O3/c1-16(2,3)21-15(20)18-10-6-7-13(12-18)11-14(19)17-8-4-5-9-17/h4,13H,5-12H2,1-3H3/t13-/m1/s1. The van der Waals surface area contributed by atoms with Crippen LogP contribution in [-0.4, -0.2) is 53.6 Å². The summed E-state index contributed by atoms with van der Waals surface area (Å²) >= 11 is 0. The SMILES string of the molecule is CC(C)(C)OC(=O)N1CCC[C@H](CC(=O)N2C[CH]CC2)C1. The van der Waals surface area contributed by atoms with Gasteiger partial charge in [-0.05, 0) is 52.4 Å². The van der Waals surface area contributed by atoms with Gasteiger partial charge in [-0.3, -0.25) is 4.79 Å². The van der Waals surface area contributed by atoms with Crippen LogP contribution in [0.25, 0.3) is 0 Å².